The van der Waals surface area contributed by atoms with Crippen LogP contribution in [-0.4, -0.2) is 58.6 Å². The standard InChI is InChI=1S/C20H24FN3O4S.ClH/c21-18-15-17(7-8-19(18)23-20(25)16-5-2-1-3-6-16)29(26,27)22-9-4-10-24-11-13-28-14-12-24;/h1-3,5-8,15,22H,4,9-14H2,(H,23,25);1H. The number of morpholine rings is 1. The highest BCUT2D eigenvalue weighted by Crippen LogP contribution is 2.20. The molecule has 1 fully saturated rings. The van der Waals surface area contributed by atoms with Crippen LogP contribution in [0.5, 0.6) is 0 Å². The molecule has 7 nitrogen and oxygen atoms in total. The molecule has 0 radical (unpaired) electrons. The van der Waals surface area contributed by atoms with Crippen LogP contribution in [-0.2, 0) is 14.8 Å². The van der Waals surface area contributed by atoms with Gasteiger partial charge >= 0.3 is 0 Å². The summed E-state index contributed by atoms with van der Waals surface area (Å²) in [4.78, 5) is 14.2. The maximum Gasteiger partial charge on any atom is 0.255 e. The number of hydrogen-bond acceptors (Lipinski definition) is 5. The lowest BCUT2D eigenvalue weighted by Gasteiger charge is -2.26. The largest absolute Gasteiger partial charge is 0.379 e. The normalized spacial score (nSPS) is 14.7. The first kappa shape index (κ1) is 24.2. The van der Waals surface area contributed by atoms with E-state index in [4.69, 9.17) is 4.74 Å². The van der Waals surface area contributed by atoms with E-state index in [1.165, 1.54) is 12.1 Å². The zero-order valence-electron chi connectivity index (χ0n) is 16.3. The molecule has 0 bridgehead atoms. The molecule has 1 heterocycles. The number of carbonyl (C=O) groups excluding carboxylic acids is 1. The predicted octanol–water partition coefficient (Wildman–Crippen LogP) is 2.50. The topological polar surface area (TPSA) is 87.7 Å². The maximum atomic E-state index is 14.4. The van der Waals surface area contributed by atoms with Gasteiger partial charge in [-0.05, 0) is 43.3 Å². The third-order valence-corrected chi connectivity index (χ3v) is 6.04. The first-order chi connectivity index (χ1) is 14.0. The summed E-state index contributed by atoms with van der Waals surface area (Å²) < 4.78 is 46.9. The molecule has 0 atom stereocenters. The Balaban J connectivity index is 0.00000320. The molecule has 2 N–H and O–H groups in total. The van der Waals surface area contributed by atoms with Gasteiger partial charge in [0, 0.05) is 25.2 Å². The molecule has 10 heteroatoms. The molecule has 0 spiro atoms. The Hall–Kier alpha value is -2.04. The van der Waals surface area contributed by atoms with Gasteiger partial charge in [-0.15, -0.1) is 12.4 Å². The van der Waals surface area contributed by atoms with Gasteiger partial charge in [0.25, 0.3) is 5.91 Å². The van der Waals surface area contributed by atoms with Crippen molar-refractivity contribution in [2.45, 2.75) is 11.3 Å². The average molecular weight is 458 g/mol. The first-order valence-corrected chi connectivity index (χ1v) is 10.9. The van der Waals surface area contributed by atoms with E-state index in [0.29, 0.717) is 25.2 Å². The fourth-order valence-corrected chi connectivity index (χ4v) is 4.05. The second kappa shape index (κ2) is 11.4. The number of rotatable bonds is 8. The van der Waals surface area contributed by atoms with Crippen molar-refractivity contribution < 1.29 is 22.3 Å². The van der Waals surface area contributed by atoms with Gasteiger partial charge < -0.3 is 10.1 Å². The molecule has 2 aromatic rings. The lowest BCUT2D eigenvalue weighted by Crippen LogP contribution is -2.38. The van der Waals surface area contributed by atoms with E-state index >= 15 is 0 Å². The van der Waals surface area contributed by atoms with Gasteiger partial charge in [0.15, 0.2) is 0 Å². The van der Waals surface area contributed by atoms with Crippen molar-refractivity contribution in [2.75, 3.05) is 44.7 Å². The molecule has 0 aromatic heterocycles. The number of amides is 1. The van der Waals surface area contributed by atoms with Crippen LogP contribution in [0.1, 0.15) is 16.8 Å². The third-order valence-electron chi connectivity index (χ3n) is 4.58. The van der Waals surface area contributed by atoms with Crippen molar-refractivity contribution in [1.29, 1.82) is 0 Å². The van der Waals surface area contributed by atoms with E-state index in [2.05, 4.69) is 14.9 Å². The van der Waals surface area contributed by atoms with Gasteiger partial charge in [-0.2, -0.15) is 0 Å². The van der Waals surface area contributed by atoms with Crippen LogP contribution < -0.4 is 10.0 Å². The lowest BCUT2D eigenvalue weighted by molar-refractivity contribution is 0.0376. The molecule has 1 amide bonds. The summed E-state index contributed by atoms with van der Waals surface area (Å²) in [5, 5.41) is 2.45. The minimum atomic E-state index is -3.83. The van der Waals surface area contributed by atoms with E-state index in [9.17, 15) is 17.6 Å². The molecule has 3 rings (SSSR count). The van der Waals surface area contributed by atoms with E-state index in [1.54, 1.807) is 30.3 Å². The summed E-state index contributed by atoms with van der Waals surface area (Å²) in [6.45, 7) is 4.09. The van der Waals surface area contributed by atoms with Crippen LogP contribution in [0.15, 0.2) is 53.4 Å². The second-order valence-electron chi connectivity index (χ2n) is 6.67. The Morgan fingerprint density at radius 2 is 1.80 bits per heavy atom. The van der Waals surface area contributed by atoms with Crippen molar-refractivity contribution in [3.8, 4) is 0 Å². The number of halogens is 2. The van der Waals surface area contributed by atoms with Crippen molar-refractivity contribution in [2.24, 2.45) is 0 Å². The number of hydrogen-bond donors (Lipinski definition) is 2. The van der Waals surface area contributed by atoms with Crippen LogP contribution in [0.3, 0.4) is 0 Å². The second-order valence-corrected chi connectivity index (χ2v) is 8.43. The fraction of sp³-hybridized carbons (Fsp3) is 0.350. The average Bonchev–Trinajstić information content (AvgIpc) is 2.74. The Morgan fingerprint density at radius 1 is 1.10 bits per heavy atom. The highest BCUT2D eigenvalue weighted by atomic mass is 35.5. The molecular weight excluding hydrogens is 433 g/mol. The molecule has 164 valence electrons. The Morgan fingerprint density at radius 3 is 2.47 bits per heavy atom. The summed E-state index contributed by atoms with van der Waals surface area (Å²) in [6, 6.07) is 11.8. The number of carbonyl (C=O) groups is 1. The summed E-state index contributed by atoms with van der Waals surface area (Å²) in [5.41, 5.74) is 0.302. The molecule has 1 aliphatic rings. The first-order valence-electron chi connectivity index (χ1n) is 9.41. The number of nitrogens with one attached hydrogen (secondary N) is 2. The van der Waals surface area contributed by atoms with Crippen molar-refractivity contribution >= 4 is 34.0 Å². The summed E-state index contributed by atoms with van der Waals surface area (Å²) in [5.74, 6) is -1.29. The molecule has 0 saturated carbocycles. The van der Waals surface area contributed by atoms with Crippen molar-refractivity contribution in [3.05, 3.63) is 59.9 Å². The summed E-state index contributed by atoms with van der Waals surface area (Å²) in [6.07, 6.45) is 0.646. The Labute approximate surface area is 182 Å². The quantitative estimate of drug-likeness (QED) is 0.595. The Bertz CT molecular complexity index is 938. The minimum Gasteiger partial charge on any atom is -0.379 e. The summed E-state index contributed by atoms with van der Waals surface area (Å²) >= 11 is 0. The van der Waals surface area contributed by atoms with Crippen molar-refractivity contribution in [1.82, 2.24) is 9.62 Å². The molecular formula is C20H25ClFN3O4S. The highest BCUT2D eigenvalue weighted by Gasteiger charge is 2.17. The number of nitrogens with zero attached hydrogens (tertiary/aromatic N) is 1. The van der Waals surface area contributed by atoms with Gasteiger partial charge in [-0.1, -0.05) is 18.2 Å². The van der Waals surface area contributed by atoms with Gasteiger partial charge in [0.2, 0.25) is 10.0 Å². The van der Waals surface area contributed by atoms with Gasteiger partial charge in [-0.3, -0.25) is 9.69 Å². The third kappa shape index (κ3) is 6.75. The van der Waals surface area contributed by atoms with E-state index < -0.39 is 21.7 Å². The van der Waals surface area contributed by atoms with Crippen molar-refractivity contribution in [3.63, 3.8) is 0 Å². The fourth-order valence-electron chi connectivity index (χ4n) is 2.97. The number of sulfonamides is 1. The van der Waals surface area contributed by atoms with Gasteiger partial charge in [0.05, 0.1) is 23.8 Å². The zero-order chi connectivity index (χ0) is 20.7. The van der Waals surface area contributed by atoms with Crippen LogP contribution in [0.4, 0.5) is 10.1 Å². The number of anilines is 1. The van der Waals surface area contributed by atoms with Gasteiger partial charge in [-0.25, -0.2) is 17.5 Å². The number of benzene rings is 2. The predicted molar refractivity (Wildman–Crippen MR) is 115 cm³/mol. The molecule has 0 aliphatic carbocycles. The molecule has 30 heavy (non-hydrogen) atoms. The molecule has 1 aliphatic heterocycles. The lowest BCUT2D eigenvalue weighted by atomic mass is 10.2. The van der Waals surface area contributed by atoms with Gasteiger partial charge in [0.1, 0.15) is 5.82 Å². The maximum absolute atomic E-state index is 14.4. The van der Waals surface area contributed by atoms with Crippen LogP contribution in [0.25, 0.3) is 0 Å². The van der Waals surface area contributed by atoms with E-state index in [0.717, 1.165) is 25.7 Å². The van der Waals surface area contributed by atoms with E-state index in [-0.39, 0.29) is 29.5 Å². The summed E-state index contributed by atoms with van der Waals surface area (Å²) in [7, 11) is -3.83. The monoisotopic (exact) mass is 457 g/mol. The highest BCUT2D eigenvalue weighted by molar-refractivity contribution is 7.89. The smallest absolute Gasteiger partial charge is 0.255 e. The molecule has 1 saturated heterocycles. The SMILES string of the molecule is Cl.O=C(Nc1ccc(S(=O)(=O)NCCCN2CCOCC2)cc1F)c1ccccc1. The Kier molecular flexibility index (Phi) is 9.19. The number of ether oxygens (including phenoxy) is 1. The molecule has 0 unspecified atom stereocenters. The van der Waals surface area contributed by atoms with Crippen LogP contribution in [0.2, 0.25) is 0 Å². The van der Waals surface area contributed by atoms with Crippen LogP contribution >= 0.6 is 12.4 Å². The zero-order valence-corrected chi connectivity index (χ0v) is 18.0. The molecule has 2 aromatic carbocycles. The van der Waals surface area contributed by atoms with Crippen LogP contribution in [0, 0.1) is 5.82 Å². The minimum absolute atomic E-state index is 0. The van der Waals surface area contributed by atoms with E-state index in [1.807, 2.05) is 0 Å².